The normalized spacial score (nSPS) is 20.5. The number of nitrogen functional groups attached to an aromatic ring is 1. The predicted octanol–water partition coefficient (Wildman–Crippen LogP) is 9.09. The Balaban J connectivity index is 0.000000608. The van der Waals surface area contributed by atoms with Gasteiger partial charge >= 0.3 is 31.1 Å². The van der Waals surface area contributed by atoms with E-state index in [9.17, 15) is 5.26 Å². The Kier molecular flexibility index (Phi) is 18.1. The molecule has 0 saturated carbocycles. The van der Waals surface area contributed by atoms with Gasteiger partial charge in [0.15, 0.2) is 5.96 Å². The first-order chi connectivity index (χ1) is 22.7. The number of ether oxygens (including phenoxy) is 2. The average molecular weight is 920 g/mol. The maximum Gasteiger partial charge on any atom is 2.00 e. The fourth-order valence-corrected chi connectivity index (χ4v) is 7.13. The van der Waals surface area contributed by atoms with Gasteiger partial charge in [-0.15, -0.1) is 17.9 Å². The maximum atomic E-state index is 16.8. The van der Waals surface area contributed by atoms with Gasteiger partial charge in [0.1, 0.15) is 28.8 Å². The molecule has 4 aliphatic rings. The van der Waals surface area contributed by atoms with Crippen LogP contribution < -0.4 is 11.1 Å². The molecule has 7 nitrogen and oxygen atoms in total. The van der Waals surface area contributed by atoms with Gasteiger partial charge in [-0.1, -0.05) is 58.6 Å². The van der Waals surface area contributed by atoms with Crippen LogP contribution in [0.4, 0.5) is 13.8 Å². The summed E-state index contributed by atoms with van der Waals surface area (Å²) in [5.74, 6) is 0.132. The van der Waals surface area contributed by atoms with Gasteiger partial charge in [0.2, 0.25) is 0 Å². The third kappa shape index (κ3) is 9.77. The number of nitriles is 1. The molecule has 3 aliphatic heterocycles. The number of anilines is 1. The van der Waals surface area contributed by atoms with Gasteiger partial charge in [-0.05, 0) is 56.4 Å². The van der Waals surface area contributed by atoms with Crippen LogP contribution in [0.3, 0.4) is 0 Å². The van der Waals surface area contributed by atoms with Crippen molar-refractivity contribution in [1.29, 1.82) is 5.26 Å². The zero-order valence-corrected chi connectivity index (χ0v) is 35.3. The number of allylic oxidation sites excluding steroid dienone is 3. The van der Waals surface area contributed by atoms with Crippen LogP contribution >= 0.6 is 11.3 Å². The third-order valence-electron chi connectivity index (χ3n) is 8.93. The van der Waals surface area contributed by atoms with Crippen LogP contribution in [0.1, 0.15) is 96.1 Å². The minimum atomic E-state index is -0.848. The van der Waals surface area contributed by atoms with E-state index in [0.29, 0.717) is 47.2 Å². The van der Waals surface area contributed by atoms with E-state index in [1.54, 1.807) is 6.92 Å². The van der Waals surface area contributed by atoms with Crippen LogP contribution in [0.25, 0.3) is 11.4 Å². The molecule has 1 fully saturated rings. The Bertz CT molecular complexity index is 1530. The van der Waals surface area contributed by atoms with Crippen molar-refractivity contribution < 1.29 is 49.4 Å². The third-order valence-corrected chi connectivity index (χ3v) is 9.96. The van der Waals surface area contributed by atoms with Crippen LogP contribution in [0, 0.1) is 62.2 Å². The zero-order valence-electron chi connectivity index (χ0n) is 30.3. The molecule has 11 heteroatoms. The quantitative estimate of drug-likeness (QED) is 0.170. The topological polar surface area (TPSA) is 95.9 Å². The standard InChI is InChI=1S/C28H30F2N5OS.C9H20O.CH3.U/c1-5-15(4)21(23-16(9-31)27(32)37-26(23)20(29)6-2)22-19-13-36-12-18(19)17-10-33-28(34-25(17)24(22)30)35-8-7-14(3)11-35;1-3-5-7-9-10-8-6-4-2;;/h6-7,10,14,25H,5,8,11-13,32H2,1-4H3,(H,33,34);3-9H2,1-2H3;1H3;/q-1;;-1;+2/b20-6+,21-15+;;;. The molecule has 0 radical (unpaired) electrons. The number of halogens is 2. The van der Waals surface area contributed by atoms with Gasteiger partial charge < -0.3 is 39.3 Å². The number of nitrogens with two attached hydrogens (primary N) is 1. The number of aliphatic imine (C=N–C) groups is 1. The first-order valence-electron chi connectivity index (χ1n) is 17.0. The molecule has 0 spiro atoms. The van der Waals surface area contributed by atoms with Crippen LogP contribution in [0.2, 0.25) is 0 Å². The molecule has 2 unspecified atom stereocenters. The maximum absolute atomic E-state index is 16.8. The Labute approximate surface area is 320 Å². The fraction of sp³-hybridized carbons (Fsp3) is 0.526. The number of rotatable bonds is 11. The number of hydrogen-bond donors (Lipinski definition) is 2. The number of nitrogens with zero attached hydrogens (tertiary/aromatic N) is 3. The van der Waals surface area contributed by atoms with Gasteiger partial charge in [-0.2, -0.15) is 11.2 Å². The summed E-state index contributed by atoms with van der Waals surface area (Å²) in [4.78, 5) is 7.15. The zero-order chi connectivity index (χ0) is 34.1. The number of thiophene rings is 1. The summed E-state index contributed by atoms with van der Waals surface area (Å²) >= 11 is 1.01. The van der Waals surface area contributed by atoms with E-state index in [2.05, 4.69) is 43.5 Å². The molecule has 5 rings (SSSR count). The van der Waals surface area contributed by atoms with E-state index in [0.717, 1.165) is 54.4 Å². The van der Waals surface area contributed by atoms with Gasteiger partial charge in [-0.25, -0.2) is 13.8 Å². The monoisotopic (exact) mass is 919 g/mol. The molecule has 3 N–H and O–H groups in total. The summed E-state index contributed by atoms with van der Waals surface area (Å²) in [6, 6.07) is 1.30. The van der Waals surface area contributed by atoms with Gasteiger partial charge in [-0.3, -0.25) is 0 Å². The van der Waals surface area contributed by atoms with Crippen LogP contribution in [-0.2, 0) is 9.47 Å². The number of likely N-dealkylation sites (tertiary alicyclic amines) is 1. The summed E-state index contributed by atoms with van der Waals surface area (Å²) < 4.78 is 43.1. The van der Waals surface area contributed by atoms with Crippen molar-refractivity contribution >= 4 is 33.7 Å². The molecule has 1 aliphatic carbocycles. The fourth-order valence-electron chi connectivity index (χ4n) is 6.14. The Hall–Kier alpha value is -2.21. The summed E-state index contributed by atoms with van der Waals surface area (Å²) in [6.07, 6.45) is 12.3. The SMILES string of the molecule is C/C=C(/F)c1sc(N)c(C#N)c1/C(C1=C(F)C2N=C(N3C[CH-]C(C)C3)NC=C2C2=C1COC2)=C(\C)CC.CCCCCOCCCC.[CH3-].[U+2]. The van der Waals surface area contributed by atoms with E-state index >= 15 is 8.78 Å². The van der Waals surface area contributed by atoms with Crippen molar-refractivity contribution in [3.8, 4) is 6.07 Å². The Morgan fingerprint density at radius 2 is 1.92 bits per heavy atom. The molecule has 0 bridgehead atoms. The molecule has 4 heterocycles. The van der Waals surface area contributed by atoms with Crippen LogP contribution in [0.5, 0.6) is 0 Å². The molecule has 1 aromatic heterocycles. The van der Waals surface area contributed by atoms with E-state index < -0.39 is 17.7 Å². The van der Waals surface area contributed by atoms with Crippen molar-refractivity contribution in [2.24, 2.45) is 10.9 Å². The second kappa shape index (κ2) is 20.6. The second-order valence-electron chi connectivity index (χ2n) is 12.4. The minimum Gasteiger partial charge on any atom is -0.389 e. The van der Waals surface area contributed by atoms with E-state index in [4.69, 9.17) is 20.2 Å². The number of unbranched alkanes of at least 4 members (excludes halogenated alkanes) is 3. The van der Waals surface area contributed by atoms with Crippen molar-refractivity contribution in [1.82, 2.24) is 10.2 Å². The molecular weight excluding hydrogens is 867 g/mol. The van der Waals surface area contributed by atoms with E-state index in [-0.39, 0.29) is 60.6 Å². The summed E-state index contributed by atoms with van der Waals surface area (Å²) in [5.41, 5.74) is 10.7. The predicted molar refractivity (Wildman–Crippen MR) is 196 cm³/mol. The molecule has 49 heavy (non-hydrogen) atoms. The molecule has 266 valence electrons. The Morgan fingerprint density at radius 3 is 2.53 bits per heavy atom. The number of hydrogen-bond acceptors (Lipinski definition) is 8. The van der Waals surface area contributed by atoms with E-state index in [1.165, 1.54) is 38.2 Å². The summed E-state index contributed by atoms with van der Waals surface area (Å²) in [7, 11) is 0. The first kappa shape index (κ1) is 43.0. The molecule has 0 amide bonds. The molecular formula is C38H53F2N5O2SU. The smallest absolute Gasteiger partial charge is 0.389 e. The first-order valence-corrected chi connectivity index (χ1v) is 17.8. The van der Waals surface area contributed by atoms with Crippen molar-refractivity contribution in [3.05, 3.63) is 75.8 Å². The second-order valence-corrected chi connectivity index (χ2v) is 13.4. The van der Waals surface area contributed by atoms with Gasteiger partial charge in [0, 0.05) is 36.1 Å². The van der Waals surface area contributed by atoms with Crippen LogP contribution in [0.15, 0.2) is 51.0 Å². The van der Waals surface area contributed by atoms with Crippen molar-refractivity contribution in [3.63, 3.8) is 0 Å². The van der Waals surface area contributed by atoms with Gasteiger partial charge in [0.05, 0.1) is 23.7 Å². The molecule has 1 saturated heterocycles. The number of fused-ring (bicyclic) bond motifs is 2. The summed E-state index contributed by atoms with van der Waals surface area (Å²) in [6.45, 7) is 16.0. The van der Waals surface area contributed by atoms with Gasteiger partial charge in [0.25, 0.3) is 0 Å². The number of guanidine groups is 1. The largest absolute Gasteiger partial charge is 2.00 e. The number of nitrogens with one attached hydrogen (secondary N) is 1. The molecule has 2 atom stereocenters. The minimum absolute atomic E-state index is 0. The van der Waals surface area contributed by atoms with Crippen molar-refractivity contribution in [2.45, 2.75) is 86.1 Å². The molecule has 0 aromatic carbocycles. The average Bonchev–Trinajstić information content (AvgIpc) is 3.82. The van der Waals surface area contributed by atoms with Crippen LogP contribution in [-0.4, -0.2) is 56.4 Å². The summed E-state index contributed by atoms with van der Waals surface area (Å²) in [5, 5.41) is 13.5. The van der Waals surface area contributed by atoms with Crippen molar-refractivity contribution in [2.75, 3.05) is 45.3 Å². The Morgan fingerprint density at radius 1 is 1.22 bits per heavy atom. The molecule has 1 aromatic rings. The van der Waals surface area contributed by atoms with E-state index in [1.807, 2.05) is 20.0 Å².